The van der Waals surface area contributed by atoms with Crippen molar-refractivity contribution in [2.75, 3.05) is 0 Å². The summed E-state index contributed by atoms with van der Waals surface area (Å²) in [5, 5.41) is 8.84. The molecule has 0 heterocycles. The van der Waals surface area contributed by atoms with Gasteiger partial charge < -0.3 is 5.11 Å². The number of aliphatic carboxylic acids is 1. The molecule has 1 fully saturated rings. The number of carboxylic acids is 1. The van der Waals surface area contributed by atoms with Gasteiger partial charge in [0.05, 0.1) is 5.92 Å². The normalized spacial score (nSPS) is 33.2. The zero-order chi connectivity index (χ0) is 9.52. The Morgan fingerprint density at radius 2 is 2.00 bits per heavy atom. The van der Waals surface area contributed by atoms with Crippen molar-refractivity contribution in [3.63, 3.8) is 0 Å². The molecule has 1 aliphatic carbocycles. The highest BCUT2D eigenvalue weighted by Gasteiger charge is 2.63. The first kappa shape index (κ1) is 10.3. The van der Waals surface area contributed by atoms with E-state index in [0.29, 0.717) is 0 Å². The van der Waals surface area contributed by atoms with Gasteiger partial charge in [0.25, 0.3) is 0 Å². The summed E-state index contributed by atoms with van der Waals surface area (Å²) in [6.07, 6.45) is 0. The highest BCUT2D eigenvalue weighted by atomic mass is 79.9. The van der Waals surface area contributed by atoms with Gasteiger partial charge in [0.2, 0.25) is 0 Å². The van der Waals surface area contributed by atoms with Crippen LogP contribution < -0.4 is 0 Å². The second kappa shape index (κ2) is 3.14. The number of rotatable bonds is 2. The first-order valence-corrected chi connectivity index (χ1v) is 5.32. The molecule has 0 aromatic rings. The van der Waals surface area contributed by atoms with E-state index in [1.54, 1.807) is 4.99 Å². The number of carboxylic acid groups (broad SMARTS) is 1. The van der Waals surface area contributed by atoms with E-state index in [-0.39, 0.29) is 17.3 Å². The van der Waals surface area contributed by atoms with Gasteiger partial charge in [-0.05, 0) is 10.4 Å². The van der Waals surface area contributed by atoms with Crippen molar-refractivity contribution in [2.24, 2.45) is 17.3 Å². The Hall–Kier alpha value is 0.170. The van der Waals surface area contributed by atoms with E-state index in [0.717, 1.165) is 4.48 Å². The van der Waals surface area contributed by atoms with Crippen LogP contribution in [0.2, 0.25) is 0 Å². The summed E-state index contributed by atoms with van der Waals surface area (Å²) in [7, 11) is 0. The molecule has 4 heteroatoms. The Labute approximate surface area is 88.3 Å². The maximum absolute atomic E-state index is 10.7. The Bertz CT molecular complexity index is 245. The highest BCUT2D eigenvalue weighted by molar-refractivity contribution is 9.14. The number of hydrogen-bond donors (Lipinski definition) is 1. The van der Waals surface area contributed by atoms with E-state index in [1.165, 1.54) is 0 Å². The summed E-state index contributed by atoms with van der Waals surface area (Å²) in [6, 6.07) is 0. The predicted octanol–water partition coefficient (Wildman–Crippen LogP) is 2.97. The number of halogens is 2. The predicted molar refractivity (Wildman–Crippen MR) is 54.3 cm³/mol. The zero-order valence-corrected chi connectivity index (χ0v) is 10.0. The Kier molecular flexibility index (Phi) is 2.69. The molecule has 2 nitrogen and oxygen atoms in total. The van der Waals surface area contributed by atoms with Crippen molar-refractivity contribution in [1.29, 1.82) is 0 Å². The summed E-state index contributed by atoms with van der Waals surface area (Å²) < 4.78 is 0.930. The van der Waals surface area contributed by atoms with Crippen LogP contribution in [0.1, 0.15) is 13.8 Å². The van der Waals surface area contributed by atoms with Gasteiger partial charge in [0.15, 0.2) is 0 Å². The van der Waals surface area contributed by atoms with Crippen molar-refractivity contribution in [1.82, 2.24) is 0 Å². The van der Waals surface area contributed by atoms with Gasteiger partial charge in [-0.15, -0.1) is 0 Å². The van der Waals surface area contributed by atoms with Crippen molar-refractivity contribution < 1.29 is 9.90 Å². The minimum absolute atomic E-state index is 0.116. The fraction of sp³-hybridized carbons (Fsp3) is 0.625. The van der Waals surface area contributed by atoms with Gasteiger partial charge in [-0.1, -0.05) is 45.7 Å². The summed E-state index contributed by atoms with van der Waals surface area (Å²) >= 11 is 6.52. The first-order chi connectivity index (χ1) is 5.42. The molecule has 1 aliphatic rings. The molecule has 12 heavy (non-hydrogen) atoms. The Morgan fingerprint density at radius 3 is 2.25 bits per heavy atom. The molecule has 2 atom stereocenters. The monoisotopic (exact) mass is 296 g/mol. The Morgan fingerprint density at radius 1 is 1.50 bits per heavy atom. The lowest BCUT2D eigenvalue weighted by molar-refractivity contribution is -0.139. The average molecular weight is 298 g/mol. The van der Waals surface area contributed by atoms with Crippen LogP contribution >= 0.6 is 31.9 Å². The highest BCUT2D eigenvalue weighted by Crippen LogP contribution is 2.63. The fourth-order valence-corrected chi connectivity index (χ4v) is 2.82. The molecule has 0 saturated heterocycles. The number of hydrogen-bond acceptors (Lipinski definition) is 1. The quantitative estimate of drug-likeness (QED) is 0.851. The molecule has 2 unspecified atom stereocenters. The minimum Gasteiger partial charge on any atom is -0.481 e. The number of allylic oxidation sites excluding steroid dienone is 1. The largest absolute Gasteiger partial charge is 0.481 e. The van der Waals surface area contributed by atoms with Crippen LogP contribution in [0.5, 0.6) is 0 Å². The van der Waals surface area contributed by atoms with Crippen LogP contribution in [0.4, 0.5) is 0 Å². The summed E-state index contributed by atoms with van der Waals surface area (Å²) in [6.45, 7) is 3.93. The lowest BCUT2D eigenvalue weighted by Gasteiger charge is -1.98. The molecule has 0 amide bonds. The van der Waals surface area contributed by atoms with Crippen LogP contribution in [-0.2, 0) is 4.79 Å². The van der Waals surface area contributed by atoms with Crippen LogP contribution in [0.3, 0.4) is 0 Å². The second-order valence-electron chi connectivity index (χ2n) is 3.61. The molecule has 1 rings (SSSR count). The zero-order valence-electron chi connectivity index (χ0n) is 6.84. The Balaban J connectivity index is 2.80. The third-order valence-corrected chi connectivity index (χ3v) is 4.32. The van der Waals surface area contributed by atoms with Gasteiger partial charge in [-0.25, -0.2) is 0 Å². The van der Waals surface area contributed by atoms with E-state index in [4.69, 9.17) is 5.11 Å². The topological polar surface area (TPSA) is 37.3 Å². The molecule has 0 spiro atoms. The summed E-state index contributed by atoms with van der Waals surface area (Å²) in [5.74, 6) is -0.841. The van der Waals surface area contributed by atoms with Gasteiger partial charge in [-0.2, -0.15) is 0 Å². The van der Waals surface area contributed by atoms with E-state index < -0.39 is 5.97 Å². The molecule has 1 N–H and O–H groups in total. The molecule has 0 aliphatic heterocycles. The second-order valence-corrected chi connectivity index (χ2v) is 4.98. The molecular weight excluding hydrogens is 288 g/mol. The average Bonchev–Trinajstić information content (AvgIpc) is 2.52. The lowest BCUT2D eigenvalue weighted by Crippen LogP contribution is -2.03. The van der Waals surface area contributed by atoms with E-state index in [9.17, 15) is 4.79 Å². The maximum Gasteiger partial charge on any atom is 0.307 e. The minimum atomic E-state index is -0.712. The smallest absolute Gasteiger partial charge is 0.307 e. The standard InChI is InChI=1S/C8H10Br2O2/c1-8(2)5(4(10)3-9)6(8)7(11)12/h3,5-6H,1-2H3,(H,11,12). The number of carbonyl (C=O) groups is 1. The van der Waals surface area contributed by atoms with Crippen LogP contribution in [0, 0.1) is 17.3 Å². The molecule has 68 valence electrons. The van der Waals surface area contributed by atoms with Crippen LogP contribution in [-0.4, -0.2) is 11.1 Å². The van der Waals surface area contributed by atoms with Gasteiger partial charge in [0.1, 0.15) is 0 Å². The van der Waals surface area contributed by atoms with Gasteiger partial charge >= 0.3 is 5.97 Å². The SMILES string of the molecule is CC1(C)C(C(=O)O)C1C(Br)=CBr. The molecule has 1 saturated carbocycles. The summed E-state index contributed by atoms with van der Waals surface area (Å²) in [4.78, 5) is 12.5. The van der Waals surface area contributed by atoms with E-state index in [1.807, 2.05) is 13.8 Å². The van der Waals surface area contributed by atoms with Crippen molar-refractivity contribution in [3.8, 4) is 0 Å². The molecule has 0 aromatic heterocycles. The van der Waals surface area contributed by atoms with E-state index >= 15 is 0 Å². The van der Waals surface area contributed by atoms with Crippen molar-refractivity contribution in [2.45, 2.75) is 13.8 Å². The van der Waals surface area contributed by atoms with E-state index in [2.05, 4.69) is 31.9 Å². The summed E-state index contributed by atoms with van der Waals surface area (Å²) in [5.41, 5.74) is -0.116. The van der Waals surface area contributed by atoms with Gasteiger partial charge in [-0.3, -0.25) is 4.79 Å². The lowest BCUT2D eigenvalue weighted by atomic mass is 10.1. The van der Waals surface area contributed by atoms with Crippen LogP contribution in [0.25, 0.3) is 0 Å². The van der Waals surface area contributed by atoms with Crippen molar-refractivity contribution >= 4 is 37.8 Å². The van der Waals surface area contributed by atoms with Crippen molar-refractivity contribution in [3.05, 3.63) is 9.47 Å². The van der Waals surface area contributed by atoms with Gasteiger partial charge in [0, 0.05) is 10.4 Å². The molecular formula is C8H10Br2O2. The van der Waals surface area contributed by atoms with Crippen LogP contribution in [0.15, 0.2) is 9.47 Å². The fourth-order valence-electron chi connectivity index (χ4n) is 1.68. The first-order valence-electron chi connectivity index (χ1n) is 3.61. The third kappa shape index (κ3) is 1.46. The molecule has 0 radical (unpaired) electrons. The molecule has 0 bridgehead atoms. The molecule has 0 aromatic carbocycles. The maximum atomic E-state index is 10.7. The third-order valence-electron chi connectivity index (χ3n) is 2.49.